The van der Waals surface area contributed by atoms with Crippen LogP contribution in [0.1, 0.15) is 5.82 Å². The third-order valence-electron chi connectivity index (χ3n) is 2.33. The van der Waals surface area contributed by atoms with Gasteiger partial charge in [0.2, 0.25) is 0 Å². The second-order valence-electron chi connectivity index (χ2n) is 3.84. The van der Waals surface area contributed by atoms with Crippen LogP contribution in [0.3, 0.4) is 0 Å². The van der Waals surface area contributed by atoms with E-state index in [4.69, 9.17) is 5.11 Å². The highest BCUT2D eigenvalue weighted by atomic mass is 16.4. The lowest BCUT2D eigenvalue weighted by molar-refractivity contribution is -0.137. The van der Waals surface area contributed by atoms with Crippen molar-refractivity contribution in [2.24, 2.45) is 7.05 Å². The van der Waals surface area contributed by atoms with Gasteiger partial charge in [0, 0.05) is 33.5 Å². The molecule has 1 heterocycles. The van der Waals surface area contributed by atoms with Crippen LogP contribution in [0.25, 0.3) is 0 Å². The maximum absolute atomic E-state index is 11.8. The first-order chi connectivity index (χ1) is 7.91. The number of carboxylic acids is 1. The molecular weight excluding hydrogens is 224 g/mol. The second kappa shape index (κ2) is 5.33. The van der Waals surface area contributed by atoms with E-state index in [0.717, 1.165) is 10.7 Å². The van der Waals surface area contributed by atoms with Crippen molar-refractivity contribution in [1.29, 1.82) is 0 Å². The SMILES string of the molecule is CN(CC(=O)O)C(=O)N(C)Cc1nccn1C. The average Bonchev–Trinajstić information content (AvgIpc) is 2.62. The van der Waals surface area contributed by atoms with E-state index in [2.05, 4.69) is 4.98 Å². The zero-order valence-corrected chi connectivity index (χ0v) is 10.1. The quantitative estimate of drug-likeness (QED) is 0.802. The van der Waals surface area contributed by atoms with E-state index in [-0.39, 0.29) is 12.6 Å². The first-order valence-electron chi connectivity index (χ1n) is 5.06. The summed E-state index contributed by atoms with van der Waals surface area (Å²) in [6, 6.07) is -0.351. The number of carboxylic acid groups (broad SMARTS) is 1. The number of likely N-dealkylation sites (N-methyl/N-ethyl adjacent to an activating group) is 1. The van der Waals surface area contributed by atoms with Crippen LogP contribution in [-0.4, -0.2) is 57.1 Å². The minimum Gasteiger partial charge on any atom is -0.480 e. The normalized spacial score (nSPS) is 10.1. The van der Waals surface area contributed by atoms with Crippen LogP contribution in [-0.2, 0) is 18.4 Å². The minimum atomic E-state index is -1.04. The van der Waals surface area contributed by atoms with Gasteiger partial charge in [-0.3, -0.25) is 4.79 Å². The molecule has 1 rings (SSSR count). The van der Waals surface area contributed by atoms with Crippen LogP contribution in [0.15, 0.2) is 12.4 Å². The molecule has 2 amide bonds. The molecule has 0 aromatic carbocycles. The first kappa shape index (κ1) is 13.0. The Bertz CT molecular complexity index is 415. The number of carbonyl (C=O) groups excluding carboxylic acids is 1. The smallest absolute Gasteiger partial charge is 0.323 e. The lowest BCUT2D eigenvalue weighted by atomic mass is 10.5. The number of hydrogen-bond acceptors (Lipinski definition) is 3. The Morgan fingerprint density at radius 2 is 2.06 bits per heavy atom. The Hall–Kier alpha value is -2.05. The molecule has 0 saturated carbocycles. The summed E-state index contributed by atoms with van der Waals surface area (Å²) in [7, 11) is 4.89. The highest BCUT2D eigenvalue weighted by Gasteiger charge is 2.17. The number of imidazole rings is 1. The molecule has 0 bridgehead atoms. The molecule has 0 atom stereocenters. The van der Waals surface area contributed by atoms with Gasteiger partial charge >= 0.3 is 12.0 Å². The van der Waals surface area contributed by atoms with Crippen molar-refractivity contribution >= 4 is 12.0 Å². The van der Waals surface area contributed by atoms with Crippen molar-refractivity contribution in [3.8, 4) is 0 Å². The van der Waals surface area contributed by atoms with E-state index in [9.17, 15) is 9.59 Å². The van der Waals surface area contributed by atoms with Gasteiger partial charge in [-0.25, -0.2) is 9.78 Å². The van der Waals surface area contributed by atoms with Gasteiger partial charge in [-0.15, -0.1) is 0 Å². The summed E-state index contributed by atoms with van der Waals surface area (Å²) in [6.45, 7) is 0.0238. The number of nitrogens with zero attached hydrogens (tertiary/aromatic N) is 4. The van der Waals surface area contributed by atoms with E-state index < -0.39 is 5.97 Å². The molecule has 1 aromatic rings. The van der Waals surface area contributed by atoms with Crippen LogP contribution in [0.5, 0.6) is 0 Å². The Balaban J connectivity index is 2.58. The van der Waals surface area contributed by atoms with Crippen molar-refractivity contribution in [2.45, 2.75) is 6.54 Å². The maximum Gasteiger partial charge on any atom is 0.323 e. The van der Waals surface area contributed by atoms with Gasteiger partial charge in [-0.05, 0) is 0 Å². The number of aromatic nitrogens is 2. The summed E-state index contributed by atoms with van der Waals surface area (Å²) in [5, 5.41) is 8.59. The van der Waals surface area contributed by atoms with Crippen LogP contribution < -0.4 is 0 Å². The van der Waals surface area contributed by atoms with E-state index in [1.165, 1.54) is 11.9 Å². The van der Waals surface area contributed by atoms with Crippen molar-refractivity contribution in [3.63, 3.8) is 0 Å². The zero-order valence-electron chi connectivity index (χ0n) is 10.1. The first-order valence-corrected chi connectivity index (χ1v) is 5.06. The topological polar surface area (TPSA) is 78.7 Å². The fraction of sp³-hybridized carbons (Fsp3) is 0.500. The molecule has 1 aromatic heterocycles. The number of hydrogen-bond donors (Lipinski definition) is 1. The standard InChI is InChI=1S/C10H16N4O3/c1-12-5-4-11-8(12)6-13(2)10(17)14(3)7-9(15)16/h4-5H,6-7H2,1-3H3,(H,15,16). The maximum atomic E-state index is 11.8. The van der Waals surface area contributed by atoms with Crippen molar-refractivity contribution in [3.05, 3.63) is 18.2 Å². The van der Waals surface area contributed by atoms with Crippen LogP contribution in [0.2, 0.25) is 0 Å². The Morgan fingerprint density at radius 1 is 1.41 bits per heavy atom. The number of urea groups is 1. The van der Waals surface area contributed by atoms with E-state index in [0.29, 0.717) is 6.54 Å². The van der Waals surface area contributed by atoms with E-state index in [1.807, 2.05) is 7.05 Å². The molecule has 0 spiro atoms. The predicted octanol–water partition coefficient (Wildman–Crippen LogP) is -0.0117. The van der Waals surface area contributed by atoms with Crippen molar-refractivity contribution in [1.82, 2.24) is 19.4 Å². The van der Waals surface area contributed by atoms with Gasteiger partial charge in [-0.2, -0.15) is 0 Å². The Morgan fingerprint density at radius 3 is 2.53 bits per heavy atom. The molecule has 0 aliphatic carbocycles. The molecule has 0 radical (unpaired) electrons. The summed E-state index contributed by atoms with van der Waals surface area (Å²) in [5.41, 5.74) is 0. The summed E-state index contributed by atoms with van der Waals surface area (Å²) in [4.78, 5) is 28.9. The van der Waals surface area contributed by atoms with E-state index >= 15 is 0 Å². The molecule has 1 N–H and O–H groups in total. The van der Waals surface area contributed by atoms with Crippen molar-refractivity contribution < 1.29 is 14.7 Å². The van der Waals surface area contributed by atoms with Gasteiger partial charge in [0.05, 0.1) is 6.54 Å². The second-order valence-corrected chi connectivity index (χ2v) is 3.84. The third kappa shape index (κ3) is 3.47. The summed E-state index contributed by atoms with van der Waals surface area (Å²) in [6.07, 6.45) is 3.43. The molecular formula is C10H16N4O3. The molecule has 0 saturated heterocycles. The lowest BCUT2D eigenvalue weighted by Crippen LogP contribution is -2.41. The molecule has 0 fully saturated rings. The van der Waals surface area contributed by atoms with Crippen molar-refractivity contribution in [2.75, 3.05) is 20.6 Å². The van der Waals surface area contributed by atoms with Gasteiger partial charge < -0.3 is 19.5 Å². The monoisotopic (exact) mass is 240 g/mol. The number of aliphatic carboxylic acids is 1. The number of amides is 2. The molecule has 7 nitrogen and oxygen atoms in total. The summed E-state index contributed by atoms with van der Waals surface area (Å²) in [5.74, 6) is -0.296. The fourth-order valence-electron chi connectivity index (χ4n) is 1.39. The summed E-state index contributed by atoms with van der Waals surface area (Å²) < 4.78 is 1.81. The lowest BCUT2D eigenvalue weighted by Gasteiger charge is -2.23. The van der Waals surface area contributed by atoms with Gasteiger partial charge in [-0.1, -0.05) is 0 Å². The Labute approximate surface area is 99.3 Å². The van der Waals surface area contributed by atoms with Crippen LogP contribution in [0, 0.1) is 0 Å². The average molecular weight is 240 g/mol. The van der Waals surface area contributed by atoms with Crippen LogP contribution >= 0.6 is 0 Å². The fourth-order valence-corrected chi connectivity index (χ4v) is 1.39. The third-order valence-corrected chi connectivity index (χ3v) is 2.33. The number of aryl methyl sites for hydroxylation is 1. The highest BCUT2D eigenvalue weighted by Crippen LogP contribution is 2.02. The Kier molecular flexibility index (Phi) is 4.08. The molecule has 94 valence electrons. The molecule has 17 heavy (non-hydrogen) atoms. The highest BCUT2D eigenvalue weighted by molar-refractivity contribution is 5.79. The molecule has 0 unspecified atom stereocenters. The minimum absolute atomic E-state index is 0.316. The predicted molar refractivity (Wildman–Crippen MR) is 60.3 cm³/mol. The molecule has 0 aliphatic heterocycles. The zero-order chi connectivity index (χ0) is 13.0. The summed E-state index contributed by atoms with van der Waals surface area (Å²) >= 11 is 0. The molecule has 7 heteroatoms. The van der Waals surface area contributed by atoms with Gasteiger partial charge in [0.25, 0.3) is 0 Å². The number of rotatable bonds is 4. The number of carbonyl (C=O) groups is 2. The molecule has 0 aliphatic rings. The van der Waals surface area contributed by atoms with Gasteiger partial charge in [0.1, 0.15) is 12.4 Å². The van der Waals surface area contributed by atoms with E-state index in [1.54, 1.807) is 24.0 Å². The van der Waals surface area contributed by atoms with Gasteiger partial charge in [0.15, 0.2) is 0 Å². The van der Waals surface area contributed by atoms with Crippen LogP contribution in [0.4, 0.5) is 4.79 Å². The largest absolute Gasteiger partial charge is 0.480 e.